The lowest BCUT2D eigenvalue weighted by molar-refractivity contribution is -0.123. The van der Waals surface area contributed by atoms with Crippen LogP contribution in [0.5, 0.6) is 5.75 Å². The van der Waals surface area contributed by atoms with Gasteiger partial charge in [-0.05, 0) is 18.2 Å². The van der Waals surface area contributed by atoms with Gasteiger partial charge in [-0.15, -0.1) is 0 Å². The van der Waals surface area contributed by atoms with Crippen molar-refractivity contribution in [3.8, 4) is 5.75 Å². The Labute approximate surface area is 135 Å². The van der Waals surface area contributed by atoms with Crippen molar-refractivity contribution >= 4 is 46.9 Å². The molecule has 0 aliphatic carbocycles. The van der Waals surface area contributed by atoms with Crippen LogP contribution >= 0.6 is 34.8 Å². The first-order valence-electron chi connectivity index (χ1n) is 5.69. The first-order valence-corrected chi connectivity index (χ1v) is 6.82. The lowest BCUT2D eigenvalue weighted by Crippen LogP contribution is -2.24. The van der Waals surface area contributed by atoms with E-state index in [0.717, 1.165) is 0 Å². The molecule has 1 amide bonds. The van der Waals surface area contributed by atoms with Gasteiger partial charge in [0.25, 0.3) is 5.91 Å². The van der Waals surface area contributed by atoms with Gasteiger partial charge in [0.05, 0.1) is 27.5 Å². The molecule has 0 aliphatic heterocycles. The molecule has 0 aliphatic rings. The molecule has 1 N–H and O–H groups in total. The van der Waals surface area contributed by atoms with Crippen LogP contribution in [-0.4, -0.2) is 18.7 Å². The van der Waals surface area contributed by atoms with Crippen LogP contribution in [0.15, 0.2) is 40.0 Å². The van der Waals surface area contributed by atoms with E-state index in [1.54, 1.807) is 12.1 Å². The van der Waals surface area contributed by atoms with Crippen LogP contribution in [0.2, 0.25) is 15.1 Å². The number of carbonyl (C=O) groups excluding carboxylic acids is 1. The summed E-state index contributed by atoms with van der Waals surface area (Å²) in [7, 11) is 0. The molecule has 0 saturated carbocycles. The van der Waals surface area contributed by atoms with E-state index in [0.29, 0.717) is 10.8 Å². The zero-order valence-electron chi connectivity index (χ0n) is 10.5. The van der Waals surface area contributed by atoms with Crippen LogP contribution < -0.4 is 10.2 Å². The number of benzene rings is 1. The minimum absolute atomic E-state index is 0.260. The van der Waals surface area contributed by atoms with E-state index >= 15 is 0 Å². The monoisotopic (exact) mass is 346 g/mol. The Bertz CT molecular complexity index is 657. The lowest BCUT2D eigenvalue weighted by atomic mass is 10.3. The van der Waals surface area contributed by atoms with Crippen molar-refractivity contribution in [1.29, 1.82) is 0 Å². The lowest BCUT2D eigenvalue weighted by Gasteiger charge is -2.08. The van der Waals surface area contributed by atoms with Crippen LogP contribution in [-0.2, 0) is 4.79 Å². The van der Waals surface area contributed by atoms with Gasteiger partial charge in [0, 0.05) is 6.07 Å². The molecule has 1 heterocycles. The van der Waals surface area contributed by atoms with E-state index in [2.05, 4.69) is 10.5 Å². The fourth-order valence-electron chi connectivity index (χ4n) is 1.32. The van der Waals surface area contributed by atoms with Gasteiger partial charge < -0.3 is 9.15 Å². The first-order chi connectivity index (χ1) is 10.1. The van der Waals surface area contributed by atoms with E-state index in [-0.39, 0.29) is 22.4 Å². The summed E-state index contributed by atoms with van der Waals surface area (Å²) >= 11 is 17.5. The highest BCUT2D eigenvalue weighted by Gasteiger charge is 2.09. The Morgan fingerprint density at radius 3 is 2.76 bits per heavy atom. The number of rotatable bonds is 5. The van der Waals surface area contributed by atoms with Gasteiger partial charge >= 0.3 is 0 Å². The van der Waals surface area contributed by atoms with E-state index < -0.39 is 5.91 Å². The molecule has 8 heteroatoms. The summed E-state index contributed by atoms with van der Waals surface area (Å²) in [4.78, 5) is 11.5. The molecule has 1 aromatic carbocycles. The average Bonchev–Trinajstić information content (AvgIpc) is 2.94. The fourth-order valence-corrected chi connectivity index (χ4v) is 1.91. The topological polar surface area (TPSA) is 63.8 Å². The second kappa shape index (κ2) is 7.36. The highest BCUT2D eigenvalue weighted by Crippen LogP contribution is 2.33. The number of carbonyl (C=O) groups is 1. The number of hydrazone groups is 1. The van der Waals surface area contributed by atoms with Gasteiger partial charge in [-0.25, -0.2) is 5.43 Å². The molecule has 0 atom stereocenters. The Balaban J connectivity index is 1.85. The van der Waals surface area contributed by atoms with Crippen LogP contribution in [0, 0.1) is 0 Å². The molecule has 5 nitrogen and oxygen atoms in total. The average molecular weight is 348 g/mol. The zero-order chi connectivity index (χ0) is 15.2. The molecular weight excluding hydrogens is 339 g/mol. The van der Waals surface area contributed by atoms with Crippen LogP contribution in [0.4, 0.5) is 0 Å². The van der Waals surface area contributed by atoms with Crippen LogP contribution in [0.1, 0.15) is 5.76 Å². The summed E-state index contributed by atoms with van der Waals surface area (Å²) in [5, 5.41) is 4.55. The summed E-state index contributed by atoms with van der Waals surface area (Å²) in [5.41, 5.74) is 2.28. The minimum Gasteiger partial charge on any atom is -0.482 e. The predicted molar refractivity (Wildman–Crippen MR) is 81.4 cm³/mol. The van der Waals surface area contributed by atoms with Gasteiger partial charge in [-0.1, -0.05) is 34.8 Å². The normalized spacial score (nSPS) is 10.8. The molecule has 110 valence electrons. The summed E-state index contributed by atoms with van der Waals surface area (Å²) in [6.07, 6.45) is 2.86. The van der Waals surface area contributed by atoms with Crippen molar-refractivity contribution in [2.45, 2.75) is 0 Å². The molecule has 0 saturated heterocycles. The van der Waals surface area contributed by atoms with Crippen molar-refractivity contribution < 1.29 is 13.9 Å². The quantitative estimate of drug-likeness (QED) is 0.509. The van der Waals surface area contributed by atoms with E-state index in [1.165, 1.54) is 24.6 Å². The molecule has 0 radical (unpaired) electrons. The summed E-state index contributed by atoms with van der Waals surface area (Å²) in [6.45, 7) is -0.271. The third-order valence-electron chi connectivity index (χ3n) is 2.26. The van der Waals surface area contributed by atoms with Gasteiger partial charge in [-0.2, -0.15) is 5.10 Å². The molecule has 0 fully saturated rings. The van der Waals surface area contributed by atoms with Crippen LogP contribution in [0.25, 0.3) is 0 Å². The van der Waals surface area contributed by atoms with Crippen molar-refractivity contribution in [1.82, 2.24) is 5.43 Å². The predicted octanol–water partition coefficient (Wildman–Crippen LogP) is 3.77. The standard InChI is InChI=1S/C13H9Cl3N2O3/c14-9-4-11(16)12(5-10(9)15)21-7-13(19)18-17-6-8-2-1-3-20-8/h1-6H,7H2,(H,18,19)/b17-6+. The third kappa shape index (κ3) is 4.67. The highest BCUT2D eigenvalue weighted by molar-refractivity contribution is 6.43. The number of hydrogen-bond donors (Lipinski definition) is 1. The Morgan fingerprint density at radius 2 is 2.05 bits per heavy atom. The van der Waals surface area contributed by atoms with E-state index in [1.807, 2.05) is 0 Å². The van der Waals surface area contributed by atoms with Crippen molar-refractivity contribution in [2.75, 3.05) is 6.61 Å². The molecule has 21 heavy (non-hydrogen) atoms. The summed E-state index contributed by atoms with van der Waals surface area (Å²) < 4.78 is 10.2. The summed E-state index contributed by atoms with van der Waals surface area (Å²) in [5.74, 6) is 0.319. The number of furan rings is 1. The molecular formula is C13H9Cl3N2O3. The summed E-state index contributed by atoms with van der Waals surface area (Å²) in [6, 6.07) is 6.28. The fraction of sp³-hybridized carbons (Fsp3) is 0.0769. The molecule has 2 rings (SSSR count). The minimum atomic E-state index is -0.458. The maximum absolute atomic E-state index is 11.5. The van der Waals surface area contributed by atoms with Crippen molar-refractivity contribution in [3.05, 3.63) is 51.4 Å². The molecule has 0 unspecified atom stereocenters. The second-order valence-electron chi connectivity index (χ2n) is 3.79. The molecule has 1 aromatic heterocycles. The number of nitrogens with zero attached hydrogens (tertiary/aromatic N) is 1. The number of amides is 1. The van der Waals surface area contributed by atoms with Crippen molar-refractivity contribution in [2.24, 2.45) is 5.10 Å². The van der Waals surface area contributed by atoms with E-state index in [9.17, 15) is 4.79 Å². The Kier molecular flexibility index (Phi) is 5.50. The van der Waals surface area contributed by atoms with Gasteiger partial charge in [0.1, 0.15) is 11.5 Å². The zero-order valence-corrected chi connectivity index (χ0v) is 12.7. The highest BCUT2D eigenvalue weighted by atomic mass is 35.5. The molecule has 0 bridgehead atoms. The number of hydrogen-bond acceptors (Lipinski definition) is 4. The van der Waals surface area contributed by atoms with Gasteiger partial charge in [0.2, 0.25) is 0 Å². The SMILES string of the molecule is O=C(COc1cc(Cl)c(Cl)cc1Cl)N/N=C/c1ccco1. The third-order valence-corrected chi connectivity index (χ3v) is 3.28. The Morgan fingerprint density at radius 1 is 1.29 bits per heavy atom. The molecule has 2 aromatic rings. The smallest absolute Gasteiger partial charge is 0.277 e. The number of nitrogens with one attached hydrogen (secondary N) is 1. The maximum Gasteiger partial charge on any atom is 0.277 e. The van der Waals surface area contributed by atoms with Gasteiger partial charge in [-0.3, -0.25) is 4.79 Å². The first kappa shape index (κ1) is 15.7. The van der Waals surface area contributed by atoms with Crippen molar-refractivity contribution in [3.63, 3.8) is 0 Å². The number of ether oxygens (including phenoxy) is 1. The molecule has 0 spiro atoms. The van der Waals surface area contributed by atoms with Gasteiger partial charge in [0.15, 0.2) is 6.61 Å². The van der Waals surface area contributed by atoms with Crippen LogP contribution in [0.3, 0.4) is 0 Å². The largest absolute Gasteiger partial charge is 0.482 e. The Hall–Kier alpha value is -1.69. The number of halogens is 3. The maximum atomic E-state index is 11.5. The van der Waals surface area contributed by atoms with E-state index in [4.69, 9.17) is 44.0 Å². The second-order valence-corrected chi connectivity index (χ2v) is 5.02.